The fraction of sp³-hybridized carbons (Fsp3) is 0.933. The summed E-state index contributed by atoms with van der Waals surface area (Å²) in [5.41, 5.74) is -1.11. The predicted octanol–water partition coefficient (Wildman–Crippen LogP) is 3.66. The smallest absolute Gasteiger partial charge is 0.315 e. The summed E-state index contributed by atoms with van der Waals surface area (Å²) in [7, 11) is 1.64. The fourth-order valence-electron chi connectivity index (χ4n) is 2.76. The molecule has 0 aliphatic carbocycles. The van der Waals surface area contributed by atoms with Crippen LogP contribution in [0.2, 0.25) is 0 Å². The van der Waals surface area contributed by atoms with Gasteiger partial charge < -0.3 is 9.47 Å². The molecule has 0 amide bonds. The van der Waals surface area contributed by atoms with E-state index in [1.807, 2.05) is 6.92 Å². The molecule has 0 N–H and O–H groups in total. The summed E-state index contributed by atoms with van der Waals surface area (Å²) in [6.45, 7) is 15.3. The maximum atomic E-state index is 12.6. The minimum Gasteiger partial charge on any atom is -0.465 e. The summed E-state index contributed by atoms with van der Waals surface area (Å²) >= 11 is 0. The van der Waals surface area contributed by atoms with Crippen LogP contribution in [0.5, 0.6) is 0 Å². The fourth-order valence-corrected chi connectivity index (χ4v) is 2.76. The van der Waals surface area contributed by atoms with Crippen LogP contribution in [0.15, 0.2) is 0 Å². The first-order valence-electron chi connectivity index (χ1n) is 6.70. The van der Waals surface area contributed by atoms with Crippen molar-refractivity contribution in [3.8, 4) is 0 Å². The molecular weight excluding hydrogens is 228 g/mol. The Bertz CT molecular complexity index is 254. The lowest BCUT2D eigenvalue weighted by atomic mass is 9.54. The summed E-state index contributed by atoms with van der Waals surface area (Å²) < 4.78 is 10.8. The van der Waals surface area contributed by atoms with Crippen molar-refractivity contribution in [2.45, 2.75) is 54.9 Å². The van der Waals surface area contributed by atoms with Gasteiger partial charge in [0.05, 0.1) is 13.2 Å². The molecule has 0 bridgehead atoms. The van der Waals surface area contributed by atoms with E-state index in [1.54, 1.807) is 7.11 Å². The zero-order valence-electron chi connectivity index (χ0n) is 13.3. The molecule has 0 unspecified atom stereocenters. The van der Waals surface area contributed by atoms with Crippen LogP contribution in [0, 0.1) is 16.2 Å². The van der Waals surface area contributed by atoms with Crippen LogP contribution in [0.25, 0.3) is 0 Å². The third kappa shape index (κ3) is 3.25. The second-order valence-electron chi connectivity index (χ2n) is 6.97. The highest BCUT2D eigenvalue weighted by atomic mass is 16.5. The predicted molar refractivity (Wildman–Crippen MR) is 74.5 cm³/mol. The zero-order valence-corrected chi connectivity index (χ0v) is 13.3. The van der Waals surface area contributed by atoms with E-state index >= 15 is 0 Å². The van der Waals surface area contributed by atoms with E-state index in [0.717, 1.165) is 6.42 Å². The molecule has 18 heavy (non-hydrogen) atoms. The maximum Gasteiger partial charge on any atom is 0.315 e. The maximum absolute atomic E-state index is 12.6. The molecule has 0 aromatic carbocycles. The normalized spacial score (nSPS) is 13.6. The highest BCUT2D eigenvalue weighted by molar-refractivity contribution is 5.79. The second kappa shape index (κ2) is 6.05. The zero-order chi connectivity index (χ0) is 14.6. The molecule has 0 saturated carbocycles. The molecule has 0 aliphatic rings. The van der Waals surface area contributed by atoms with Gasteiger partial charge in [0.1, 0.15) is 5.41 Å². The highest BCUT2D eigenvalue weighted by Crippen LogP contribution is 2.52. The molecule has 3 heteroatoms. The van der Waals surface area contributed by atoms with Gasteiger partial charge in [0.2, 0.25) is 0 Å². The van der Waals surface area contributed by atoms with Gasteiger partial charge in [0.25, 0.3) is 0 Å². The first kappa shape index (κ1) is 17.4. The van der Waals surface area contributed by atoms with Crippen LogP contribution in [-0.2, 0) is 14.3 Å². The molecule has 0 fully saturated rings. The lowest BCUT2D eigenvalue weighted by Gasteiger charge is -2.50. The molecule has 0 aromatic heterocycles. The van der Waals surface area contributed by atoms with Crippen molar-refractivity contribution in [1.82, 2.24) is 0 Å². The van der Waals surface area contributed by atoms with Crippen LogP contribution >= 0.6 is 0 Å². The number of carbonyl (C=O) groups is 1. The van der Waals surface area contributed by atoms with Gasteiger partial charge in [-0.1, -0.05) is 48.5 Å². The molecule has 108 valence electrons. The van der Waals surface area contributed by atoms with Crippen molar-refractivity contribution < 1.29 is 14.3 Å². The van der Waals surface area contributed by atoms with Crippen LogP contribution < -0.4 is 0 Å². The molecule has 3 nitrogen and oxygen atoms in total. The number of carbonyl (C=O) groups excluding carboxylic acids is 1. The average Bonchev–Trinajstić information content (AvgIpc) is 2.18. The van der Waals surface area contributed by atoms with Gasteiger partial charge in [-0.05, 0) is 17.3 Å². The van der Waals surface area contributed by atoms with Crippen molar-refractivity contribution in [1.29, 1.82) is 0 Å². The Morgan fingerprint density at radius 2 is 1.44 bits per heavy atom. The van der Waals surface area contributed by atoms with Gasteiger partial charge in [-0.3, -0.25) is 4.79 Å². The Balaban J connectivity index is 5.56. The van der Waals surface area contributed by atoms with Crippen molar-refractivity contribution in [2.24, 2.45) is 16.2 Å². The summed E-state index contributed by atoms with van der Waals surface area (Å²) in [6, 6.07) is 0. The van der Waals surface area contributed by atoms with Crippen molar-refractivity contribution >= 4 is 5.97 Å². The Morgan fingerprint density at radius 3 is 1.72 bits per heavy atom. The van der Waals surface area contributed by atoms with Gasteiger partial charge in [0.15, 0.2) is 0 Å². The van der Waals surface area contributed by atoms with Gasteiger partial charge in [-0.15, -0.1) is 0 Å². The molecular formula is C15H30O3. The number of methoxy groups -OCH3 is 1. The van der Waals surface area contributed by atoms with E-state index in [1.165, 1.54) is 0 Å². The minimum atomic E-state index is -0.649. The second-order valence-corrected chi connectivity index (χ2v) is 6.97. The first-order chi connectivity index (χ1) is 8.04. The van der Waals surface area contributed by atoms with Gasteiger partial charge in [0, 0.05) is 7.11 Å². The lowest BCUT2D eigenvalue weighted by Crippen LogP contribution is -2.56. The topological polar surface area (TPSA) is 35.5 Å². The summed E-state index contributed by atoms with van der Waals surface area (Å²) in [4.78, 5) is 12.6. The van der Waals surface area contributed by atoms with Gasteiger partial charge in [-0.2, -0.15) is 0 Å². The molecule has 0 saturated heterocycles. The van der Waals surface area contributed by atoms with E-state index in [0.29, 0.717) is 13.2 Å². The van der Waals surface area contributed by atoms with Crippen molar-refractivity contribution in [2.75, 3.05) is 20.3 Å². The minimum absolute atomic E-state index is 0.147. The Hall–Kier alpha value is -0.570. The van der Waals surface area contributed by atoms with Gasteiger partial charge >= 0.3 is 5.97 Å². The van der Waals surface area contributed by atoms with Crippen molar-refractivity contribution in [3.63, 3.8) is 0 Å². The third-order valence-electron chi connectivity index (χ3n) is 3.71. The van der Waals surface area contributed by atoms with Crippen molar-refractivity contribution in [3.05, 3.63) is 0 Å². The van der Waals surface area contributed by atoms with E-state index < -0.39 is 5.41 Å². The standard InChI is InChI=1S/C15H30O3/c1-9-10-18-12(16)15(11-17-8,13(2,3)4)14(5,6)7/h9-11H2,1-8H3. The molecule has 0 spiro atoms. The molecule has 0 aromatic rings. The number of ether oxygens (including phenoxy) is 2. The number of esters is 1. The van der Waals surface area contributed by atoms with Gasteiger partial charge in [-0.25, -0.2) is 0 Å². The number of rotatable bonds is 5. The van der Waals surface area contributed by atoms with Crippen LogP contribution in [0.1, 0.15) is 54.9 Å². The van der Waals surface area contributed by atoms with E-state index in [9.17, 15) is 4.79 Å². The average molecular weight is 258 g/mol. The van der Waals surface area contributed by atoms with E-state index in [2.05, 4.69) is 41.5 Å². The van der Waals surface area contributed by atoms with Crippen LogP contribution in [-0.4, -0.2) is 26.3 Å². The summed E-state index contributed by atoms with van der Waals surface area (Å²) in [5, 5.41) is 0. The molecule has 0 radical (unpaired) electrons. The molecule has 0 atom stereocenters. The number of hydrogen-bond acceptors (Lipinski definition) is 3. The Morgan fingerprint density at radius 1 is 1.00 bits per heavy atom. The van der Waals surface area contributed by atoms with E-state index in [4.69, 9.17) is 9.47 Å². The number of hydrogen-bond donors (Lipinski definition) is 0. The highest BCUT2D eigenvalue weighted by Gasteiger charge is 2.57. The van der Waals surface area contributed by atoms with E-state index in [-0.39, 0.29) is 16.8 Å². The van der Waals surface area contributed by atoms with Crippen LogP contribution in [0.4, 0.5) is 0 Å². The Kier molecular flexibility index (Phi) is 5.86. The summed E-state index contributed by atoms with van der Waals surface area (Å²) in [5.74, 6) is -0.147. The summed E-state index contributed by atoms with van der Waals surface area (Å²) in [6.07, 6.45) is 0.836. The molecule has 0 heterocycles. The monoisotopic (exact) mass is 258 g/mol. The Labute approximate surface area is 112 Å². The quantitative estimate of drug-likeness (QED) is 0.706. The lowest BCUT2D eigenvalue weighted by molar-refractivity contribution is -0.183. The molecule has 0 aliphatic heterocycles. The SMILES string of the molecule is CCCOC(=O)C(COC)(C(C)(C)C)C(C)(C)C. The third-order valence-corrected chi connectivity index (χ3v) is 3.71. The largest absolute Gasteiger partial charge is 0.465 e. The van der Waals surface area contributed by atoms with Crippen LogP contribution in [0.3, 0.4) is 0 Å². The molecule has 0 rings (SSSR count). The first-order valence-corrected chi connectivity index (χ1v) is 6.70.